The maximum Gasteiger partial charge on any atom is -0.00726 e. The summed E-state index contributed by atoms with van der Waals surface area (Å²) in [5, 5.41) is 0. The smallest absolute Gasteiger partial charge is 0.00726 e. The minimum Gasteiger partial charge on any atom is -0.0654 e. The topological polar surface area (TPSA) is 0 Å². The third kappa shape index (κ3) is 11.4. The van der Waals surface area contributed by atoms with E-state index >= 15 is 0 Å². The van der Waals surface area contributed by atoms with Crippen LogP contribution in [0.1, 0.15) is 244 Å². The lowest BCUT2D eigenvalue weighted by atomic mass is 9.48. The van der Waals surface area contributed by atoms with E-state index in [0.29, 0.717) is 27.1 Å². The Hall–Kier alpha value is -0.780. The van der Waals surface area contributed by atoms with Crippen molar-refractivity contribution in [3.63, 3.8) is 0 Å². The molecule has 49 heavy (non-hydrogen) atoms. The van der Waals surface area contributed by atoms with E-state index < -0.39 is 0 Å². The summed E-state index contributed by atoms with van der Waals surface area (Å²) in [6.45, 7) is 38.1. The monoisotopic (exact) mass is 681 g/mol. The van der Waals surface area contributed by atoms with Gasteiger partial charge in [-0.3, -0.25) is 0 Å². The van der Waals surface area contributed by atoms with Gasteiger partial charge in [-0.2, -0.15) is 0 Å². The third-order valence-electron chi connectivity index (χ3n) is 16.5. The van der Waals surface area contributed by atoms with Crippen molar-refractivity contribution in [1.82, 2.24) is 0 Å². The van der Waals surface area contributed by atoms with Crippen LogP contribution in [0.25, 0.3) is 0 Å². The zero-order chi connectivity index (χ0) is 37.5. The molecule has 0 amide bonds. The molecule has 0 radical (unpaired) electrons. The van der Waals surface area contributed by atoms with Gasteiger partial charge in [0.25, 0.3) is 0 Å². The van der Waals surface area contributed by atoms with Gasteiger partial charge in [-0.05, 0) is 94.8 Å². The van der Waals surface area contributed by atoms with E-state index in [2.05, 4.69) is 134 Å². The van der Waals surface area contributed by atoms with Crippen molar-refractivity contribution < 1.29 is 0 Å². The standard InChI is InChI=1S/C49H92/c1-16-35-47(27-12,28-13)40-48(29-14,37-44(18-3,19-4)20-5)41-49(38-45(21-6,22-7)23-8,39-46(24-9,25-10)26-11)36-43(15,17-2)42-33-31-30-32-34-42/h30-34H,16-29,35-41H2,1-15H3. The number of hydrogen-bond donors (Lipinski definition) is 0. The molecule has 1 aromatic carbocycles. The quantitative estimate of drug-likeness (QED) is 0.0826. The molecule has 0 fully saturated rings. The van der Waals surface area contributed by atoms with Gasteiger partial charge in [-0.15, -0.1) is 0 Å². The molecule has 0 nitrogen and oxygen atoms in total. The first-order valence-corrected chi connectivity index (χ1v) is 22.3. The Morgan fingerprint density at radius 3 is 0.939 bits per heavy atom. The molecular formula is C49H92. The van der Waals surface area contributed by atoms with Crippen LogP contribution in [0.3, 0.4) is 0 Å². The van der Waals surface area contributed by atoms with Gasteiger partial charge in [-0.25, -0.2) is 0 Å². The molecule has 288 valence electrons. The fraction of sp³-hybridized carbons (Fsp3) is 0.878. The second kappa shape index (κ2) is 20.5. The fourth-order valence-electron chi connectivity index (χ4n) is 11.9. The summed E-state index contributed by atoms with van der Waals surface area (Å²) < 4.78 is 0. The van der Waals surface area contributed by atoms with Crippen LogP contribution in [0.4, 0.5) is 0 Å². The number of hydrogen-bond acceptors (Lipinski definition) is 0. The lowest BCUT2D eigenvalue weighted by Gasteiger charge is -2.57. The number of benzene rings is 1. The van der Waals surface area contributed by atoms with Crippen molar-refractivity contribution in [2.75, 3.05) is 0 Å². The first kappa shape index (κ1) is 46.2. The van der Waals surface area contributed by atoms with Gasteiger partial charge in [0.1, 0.15) is 0 Å². The Bertz CT molecular complexity index is 937. The van der Waals surface area contributed by atoms with E-state index in [1.165, 1.54) is 135 Å². The average molecular weight is 681 g/mol. The van der Waals surface area contributed by atoms with E-state index in [4.69, 9.17) is 0 Å². The summed E-state index contributed by atoms with van der Waals surface area (Å²) in [6.07, 6.45) is 28.0. The van der Waals surface area contributed by atoms with E-state index in [1.807, 2.05) is 0 Å². The Balaban J connectivity index is 4.44. The largest absolute Gasteiger partial charge is 0.0654 e. The van der Waals surface area contributed by atoms with Gasteiger partial charge >= 0.3 is 0 Å². The van der Waals surface area contributed by atoms with Gasteiger partial charge in [0, 0.05) is 0 Å². The summed E-state index contributed by atoms with van der Waals surface area (Å²) in [5.74, 6) is 0. The van der Waals surface area contributed by atoms with Crippen molar-refractivity contribution >= 4 is 0 Å². The summed E-state index contributed by atoms with van der Waals surface area (Å²) in [6, 6.07) is 11.8. The van der Waals surface area contributed by atoms with Gasteiger partial charge in [0.05, 0.1) is 0 Å². The highest BCUT2D eigenvalue weighted by molar-refractivity contribution is 5.25. The van der Waals surface area contributed by atoms with E-state index in [9.17, 15) is 0 Å². The highest BCUT2D eigenvalue weighted by Crippen LogP contribution is 2.64. The second-order valence-electron chi connectivity index (χ2n) is 18.3. The summed E-state index contributed by atoms with van der Waals surface area (Å²) in [5.41, 5.74) is 4.04. The van der Waals surface area contributed by atoms with Gasteiger partial charge in [0.15, 0.2) is 0 Å². The van der Waals surface area contributed by atoms with Crippen molar-refractivity contribution in [2.24, 2.45) is 32.5 Å². The Morgan fingerprint density at radius 2 is 0.633 bits per heavy atom. The lowest BCUT2D eigenvalue weighted by molar-refractivity contribution is -0.0548. The summed E-state index contributed by atoms with van der Waals surface area (Å²) in [4.78, 5) is 0. The predicted octanol–water partition coefficient (Wildman–Crippen LogP) is 17.3. The van der Waals surface area contributed by atoms with Crippen molar-refractivity contribution in [2.45, 2.75) is 244 Å². The zero-order valence-electron chi connectivity index (χ0n) is 36.7. The molecular weight excluding hydrogens is 589 g/mol. The maximum atomic E-state index is 2.66. The molecule has 0 spiro atoms. The van der Waals surface area contributed by atoms with Crippen LogP contribution in [0.15, 0.2) is 30.3 Å². The van der Waals surface area contributed by atoms with E-state index in [0.717, 1.165) is 0 Å². The molecule has 2 atom stereocenters. The molecule has 0 N–H and O–H groups in total. The molecule has 1 aromatic rings. The molecule has 0 saturated heterocycles. The van der Waals surface area contributed by atoms with E-state index in [1.54, 1.807) is 5.56 Å². The summed E-state index contributed by atoms with van der Waals surface area (Å²) in [7, 11) is 0. The molecule has 0 aromatic heterocycles. The Labute approximate surface area is 311 Å². The lowest BCUT2D eigenvalue weighted by Crippen LogP contribution is -2.46. The molecule has 0 heteroatoms. The normalized spacial score (nSPS) is 16.1. The van der Waals surface area contributed by atoms with Crippen molar-refractivity contribution in [1.29, 1.82) is 0 Å². The van der Waals surface area contributed by atoms with Crippen LogP contribution < -0.4 is 0 Å². The van der Waals surface area contributed by atoms with Gasteiger partial charge in [0.2, 0.25) is 0 Å². The predicted molar refractivity (Wildman–Crippen MR) is 225 cm³/mol. The van der Waals surface area contributed by atoms with Gasteiger partial charge in [-0.1, -0.05) is 218 Å². The highest BCUT2D eigenvalue weighted by atomic mass is 14.6. The van der Waals surface area contributed by atoms with Crippen LogP contribution >= 0.6 is 0 Å². The van der Waals surface area contributed by atoms with Crippen LogP contribution in [0.2, 0.25) is 0 Å². The second-order valence-corrected chi connectivity index (χ2v) is 18.3. The molecule has 0 heterocycles. The summed E-state index contributed by atoms with van der Waals surface area (Å²) >= 11 is 0. The van der Waals surface area contributed by atoms with Crippen LogP contribution in [0.5, 0.6) is 0 Å². The minimum absolute atomic E-state index is 0.163. The van der Waals surface area contributed by atoms with Crippen LogP contribution in [-0.2, 0) is 5.41 Å². The fourth-order valence-corrected chi connectivity index (χ4v) is 11.9. The molecule has 0 aliphatic heterocycles. The maximum absolute atomic E-state index is 2.66. The highest BCUT2D eigenvalue weighted by Gasteiger charge is 2.53. The molecule has 2 unspecified atom stereocenters. The molecule has 1 rings (SSSR count). The van der Waals surface area contributed by atoms with Crippen molar-refractivity contribution in [3.8, 4) is 0 Å². The van der Waals surface area contributed by atoms with Crippen LogP contribution in [0, 0.1) is 32.5 Å². The van der Waals surface area contributed by atoms with Crippen LogP contribution in [-0.4, -0.2) is 0 Å². The van der Waals surface area contributed by atoms with Gasteiger partial charge < -0.3 is 0 Å². The molecule has 0 aliphatic rings. The molecule has 0 bridgehead atoms. The SMILES string of the molecule is CCCC(CC)(CC)CC(CC)(CC(CC)(CC)CC)CC(CC(CC)(CC)CC)(CC(CC)(CC)CC)CC(C)(CC)c1ccccc1. The zero-order valence-corrected chi connectivity index (χ0v) is 36.7. The Kier molecular flexibility index (Phi) is 19.3. The average Bonchev–Trinajstić information content (AvgIpc) is 3.15. The number of rotatable bonds is 28. The van der Waals surface area contributed by atoms with E-state index in [-0.39, 0.29) is 10.8 Å². The molecule has 0 aliphatic carbocycles. The first-order chi connectivity index (χ1) is 23.2. The first-order valence-electron chi connectivity index (χ1n) is 22.3. The third-order valence-corrected chi connectivity index (χ3v) is 16.5. The minimum atomic E-state index is 0.163. The molecule has 0 saturated carbocycles. The van der Waals surface area contributed by atoms with Crippen molar-refractivity contribution in [3.05, 3.63) is 35.9 Å². The Morgan fingerprint density at radius 1 is 0.327 bits per heavy atom.